The first-order chi connectivity index (χ1) is 20.9. The van der Waals surface area contributed by atoms with Crippen molar-refractivity contribution in [2.45, 2.75) is 50.7 Å². The molecular weight excluding hydrogens is 617 g/mol. The summed E-state index contributed by atoms with van der Waals surface area (Å²) in [5.74, 6) is -0.897. The van der Waals surface area contributed by atoms with E-state index in [1.54, 1.807) is 36.4 Å². The van der Waals surface area contributed by atoms with Crippen molar-refractivity contribution in [1.82, 2.24) is 10.2 Å². The Labute approximate surface area is 269 Å². The summed E-state index contributed by atoms with van der Waals surface area (Å²) in [5.41, 5.74) is 2.69. The monoisotopic (exact) mass is 651 g/mol. The lowest BCUT2D eigenvalue weighted by atomic mass is 10.0. The standard InChI is InChI=1S/C34H35Cl2N3O4S/c1-24(2)37-34(41)32(21-26-10-5-4-6-11-26)38(22-27-12-8-13-29(36)20-27)33(40)23-39(30-14-7-9-25(3)19-30)44(42,43)31-17-15-28(35)16-18-31/h4-20,24,32H,21-23H2,1-3H3,(H,37,41)/t32-/m1/s1. The third kappa shape index (κ3) is 8.62. The van der Waals surface area contributed by atoms with Crippen LogP contribution in [0.3, 0.4) is 0 Å². The first-order valence-electron chi connectivity index (χ1n) is 14.2. The Morgan fingerprint density at radius 1 is 0.795 bits per heavy atom. The third-order valence-corrected chi connectivity index (χ3v) is 9.19. The Morgan fingerprint density at radius 2 is 1.45 bits per heavy atom. The van der Waals surface area contributed by atoms with E-state index in [1.165, 1.54) is 29.2 Å². The SMILES string of the molecule is Cc1cccc(N(CC(=O)N(Cc2cccc(Cl)c2)[C@H](Cc2ccccc2)C(=O)NC(C)C)S(=O)(=O)c2ccc(Cl)cc2)c1. The fourth-order valence-corrected chi connectivity index (χ4v) is 6.56. The molecule has 230 valence electrons. The number of halogens is 2. The van der Waals surface area contributed by atoms with E-state index in [0.717, 1.165) is 15.4 Å². The molecule has 44 heavy (non-hydrogen) atoms. The van der Waals surface area contributed by atoms with Crippen molar-refractivity contribution in [3.63, 3.8) is 0 Å². The van der Waals surface area contributed by atoms with E-state index in [-0.39, 0.29) is 29.8 Å². The number of benzene rings is 4. The number of sulfonamides is 1. The molecule has 7 nitrogen and oxygen atoms in total. The minimum Gasteiger partial charge on any atom is -0.352 e. The van der Waals surface area contributed by atoms with Crippen LogP contribution in [0.25, 0.3) is 0 Å². The molecule has 0 spiro atoms. The van der Waals surface area contributed by atoms with Gasteiger partial charge in [0, 0.05) is 29.1 Å². The molecule has 0 aliphatic rings. The summed E-state index contributed by atoms with van der Waals surface area (Å²) < 4.78 is 29.2. The average molecular weight is 653 g/mol. The van der Waals surface area contributed by atoms with Crippen LogP contribution in [0.1, 0.15) is 30.5 Å². The predicted octanol–water partition coefficient (Wildman–Crippen LogP) is 6.66. The zero-order valence-corrected chi connectivity index (χ0v) is 27.1. The zero-order chi connectivity index (χ0) is 31.9. The Morgan fingerprint density at radius 3 is 2.09 bits per heavy atom. The van der Waals surface area contributed by atoms with E-state index >= 15 is 0 Å². The van der Waals surface area contributed by atoms with Gasteiger partial charge in [-0.25, -0.2) is 8.42 Å². The Bertz CT molecular complexity index is 1700. The summed E-state index contributed by atoms with van der Waals surface area (Å²) in [5, 5.41) is 3.81. The van der Waals surface area contributed by atoms with Crippen LogP contribution < -0.4 is 9.62 Å². The Kier molecular flexibility index (Phi) is 11.1. The van der Waals surface area contributed by atoms with Crippen LogP contribution in [-0.2, 0) is 32.6 Å². The van der Waals surface area contributed by atoms with Crippen molar-refractivity contribution in [3.8, 4) is 0 Å². The molecular formula is C34H35Cl2N3O4S. The second kappa shape index (κ2) is 14.8. The molecule has 0 unspecified atom stereocenters. The first-order valence-corrected chi connectivity index (χ1v) is 16.4. The number of hydrogen-bond acceptors (Lipinski definition) is 4. The van der Waals surface area contributed by atoms with Crippen LogP contribution in [0.5, 0.6) is 0 Å². The molecule has 0 heterocycles. The van der Waals surface area contributed by atoms with Crippen LogP contribution in [0.15, 0.2) is 108 Å². The van der Waals surface area contributed by atoms with E-state index in [1.807, 2.05) is 63.2 Å². The van der Waals surface area contributed by atoms with Gasteiger partial charge in [-0.2, -0.15) is 0 Å². The molecule has 1 atom stereocenters. The van der Waals surface area contributed by atoms with Gasteiger partial charge in [-0.05, 0) is 86.0 Å². The molecule has 0 bridgehead atoms. The molecule has 0 saturated carbocycles. The lowest BCUT2D eigenvalue weighted by molar-refractivity contribution is -0.140. The molecule has 0 aromatic heterocycles. The molecule has 4 aromatic rings. The van der Waals surface area contributed by atoms with Gasteiger partial charge < -0.3 is 10.2 Å². The minimum atomic E-state index is -4.21. The van der Waals surface area contributed by atoms with Gasteiger partial charge in [0.05, 0.1) is 10.6 Å². The molecule has 0 saturated heterocycles. The molecule has 2 amide bonds. The fraction of sp³-hybridized carbons (Fsp3) is 0.235. The van der Waals surface area contributed by atoms with Gasteiger partial charge in [0.1, 0.15) is 12.6 Å². The lowest BCUT2D eigenvalue weighted by Gasteiger charge is -2.34. The number of nitrogens with one attached hydrogen (secondary N) is 1. The molecule has 0 radical (unpaired) electrons. The summed E-state index contributed by atoms with van der Waals surface area (Å²) in [4.78, 5) is 29.6. The molecule has 1 N–H and O–H groups in total. The summed E-state index contributed by atoms with van der Waals surface area (Å²) in [6, 6.07) is 28.0. The maximum atomic E-state index is 14.4. The van der Waals surface area contributed by atoms with Gasteiger partial charge in [0.25, 0.3) is 10.0 Å². The lowest BCUT2D eigenvalue weighted by Crippen LogP contribution is -2.54. The van der Waals surface area contributed by atoms with Crippen molar-refractivity contribution in [3.05, 3.63) is 130 Å². The van der Waals surface area contributed by atoms with Crippen molar-refractivity contribution in [2.75, 3.05) is 10.8 Å². The van der Waals surface area contributed by atoms with Crippen LogP contribution in [0.2, 0.25) is 10.0 Å². The van der Waals surface area contributed by atoms with Crippen molar-refractivity contribution in [2.24, 2.45) is 0 Å². The van der Waals surface area contributed by atoms with Crippen molar-refractivity contribution in [1.29, 1.82) is 0 Å². The second-order valence-corrected chi connectivity index (χ2v) is 13.6. The maximum absolute atomic E-state index is 14.4. The van der Waals surface area contributed by atoms with E-state index in [2.05, 4.69) is 5.32 Å². The Balaban J connectivity index is 1.81. The number of anilines is 1. The van der Waals surface area contributed by atoms with Crippen molar-refractivity contribution < 1.29 is 18.0 Å². The van der Waals surface area contributed by atoms with Crippen molar-refractivity contribution >= 4 is 50.7 Å². The normalized spacial score (nSPS) is 12.0. The fourth-order valence-electron chi connectivity index (χ4n) is 4.81. The average Bonchev–Trinajstić information content (AvgIpc) is 2.98. The van der Waals surface area contributed by atoms with E-state index in [9.17, 15) is 18.0 Å². The summed E-state index contributed by atoms with van der Waals surface area (Å²) >= 11 is 12.3. The molecule has 4 rings (SSSR count). The molecule has 4 aromatic carbocycles. The van der Waals surface area contributed by atoms with Gasteiger partial charge >= 0.3 is 0 Å². The number of nitrogens with zero attached hydrogens (tertiary/aromatic N) is 2. The highest BCUT2D eigenvalue weighted by molar-refractivity contribution is 7.92. The first kappa shape index (κ1) is 33.1. The zero-order valence-electron chi connectivity index (χ0n) is 24.8. The highest BCUT2D eigenvalue weighted by atomic mass is 35.5. The number of hydrogen-bond donors (Lipinski definition) is 1. The Hall–Kier alpha value is -3.85. The van der Waals surface area contributed by atoms with E-state index < -0.39 is 28.5 Å². The van der Waals surface area contributed by atoms with E-state index in [4.69, 9.17) is 23.2 Å². The number of carbonyl (C=O) groups is 2. The van der Waals surface area contributed by atoms with Gasteiger partial charge in [-0.3, -0.25) is 13.9 Å². The highest BCUT2D eigenvalue weighted by Gasteiger charge is 2.35. The maximum Gasteiger partial charge on any atom is 0.264 e. The van der Waals surface area contributed by atoms with Gasteiger partial charge in [-0.15, -0.1) is 0 Å². The number of aryl methyl sites for hydroxylation is 1. The minimum absolute atomic E-state index is 0.0176. The van der Waals surface area contributed by atoms with Crippen LogP contribution in [0.4, 0.5) is 5.69 Å². The summed E-state index contributed by atoms with van der Waals surface area (Å²) in [6.45, 7) is 5.02. The van der Waals surface area contributed by atoms with Gasteiger partial charge in [0.2, 0.25) is 11.8 Å². The smallest absolute Gasteiger partial charge is 0.264 e. The van der Waals surface area contributed by atoms with Crippen LogP contribution >= 0.6 is 23.2 Å². The summed E-state index contributed by atoms with van der Waals surface area (Å²) in [6.07, 6.45) is 0.222. The van der Waals surface area contributed by atoms with E-state index in [0.29, 0.717) is 21.3 Å². The topological polar surface area (TPSA) is 86.8 Å². The molecule has 0 aliphatic carbocycles. The number of rotatable bonds is 12. The predicted molar refractivity (Wildman–Crippen MR) is 176 cm³/mol. The number of carbonyl (C=O) groups excluding carboxylic acids is 2. The second-order valence-electron chi connectivity index (χ2n) is 10.8. The number of amides is 2. The van der Waals surface area contributed by atoms with Gasteiger partial charge in [0.15, 0.2) is 0 Å². The molecule has 10 heteroatoms. The third-order valence-electron chi connectivity index (χ3n) is 6.91. The largest absolute Gasteiger partial charge is 0.352 e. The summed E-state index contributed by atoms with van der Waals surface area (Å²) in [7, 11) is -4.21. The van der Waals surface area contributed by atoms with Crippen LogP contribution in [0, 0.1) is 6.92 Å². The molecule has 0 aliphatic heterocycles. The molecule has 0 fully saturated rings. The van der Waals surface area contributed by atoms with Gasteiger partial charge in [-0.1, -0.05) is 77.8 Å². The van der Waals surface area contributed by atoms with Crippen LogP contribution in [-0.4, -0.2) is 43.8 Å². The highest BCUT2D eigenvalue weighted by Crippen LogP contribution is 2.27. The quantitative estimate of drug-likeness (QED) is 0.186.